The second-order valence-corrected chi connectivity index (χ2v) is 8.27. The van der Waals surface area contributed by atoms with Crippen molar-refractivity contribution in [2.75, 3.05) is 19.6 Å². The molecule has 3 aliphatic rings. The van der Waals surface area contributed by atoms with E-state index in [0.29, 0.717) is 25.4 Å². The van der Waals surface area contributed by atoms with E-state index in [1.54, 1.807) is 5.48 Å². The minimum Gasteiger partial charge on any atom is -0.341 e. The third-order valence-electron chi connectivity index (χ3n) is 6.55. The fourth-order valence-corrected chi connectivity index (χ4v) is 4.73. The van der Waals surface area contributed by atoms with Crippen LogP contribution in [0, 0.1) is 18.3 Å². The van der Waals surface area contributed by atoms with E-state index in [-0.39, 0.29) is 11.3 Å². The number of piperidine rings is 1. The molecule has 26 heavy (non-hydrogen) atoms. The molecule has 6 nitrogen and oxygen atoms in total. The lowest BCUT2D eigenvalue weighted by Crippen LogP contribution is -2.58. The van der Waals surface area contributed by atoms with E-state index in [9.17, 15) is 9.59 Å². The Kier molecular flexibility index (Phi) is 4.49. The molecule has 0 bridgehead atoms. The molecule has 2 heterocycles. The van der Waals surface area contributed by atoms with Gasteiger partial charge in [0.05, 0.1) is 12.0 Å². The van der Waals surface area contributed by atoms with Crippen molar-refractivity contribution in [3.05, 3.63) is 35.4 Å². The Morgan fingerprint density at radius 3 is 2.77 bits per heavy atom. The molecule has 1 aliphatic carbocycles. The molecule has 0 radical (unpaired) electrons. The number of amides is 2. The maximum atomic E-state index is 13.1. The maximum Gasteiger partial charge on any atom is 0.248 e. The van der Waals surface area contributed by atoms with Crippen molar-refractivity contribution in [2.45, 2.75) is 44.6 Å². The number of nitrogens with zero attached hydrogens (tertiary/aromatic N) is 1. The number of aryl methyl sites for hydroxylation is 1. The van der Waals surface area contributed by atoms with Crippen LogP contribution in [0.25, 0.3) is 0 Å². The highest BCUT2D eigenvalue weighted by atomic mass is 16.5. The zero-order valence-corrected chi connectivity index (χ0v) is 15.2. The largest absolute Gasteiger partial charge is 0.341 e. The van der Waals surface area contributed by atoms with E-state index in [4.69, 9.17) is 5.21 Å². The summed E-state index contributed by atoms with van der Waals surface area (Å²) < 4.78 is 0. The van der Waals surface area contributed by atoms with Gasteiger partial charge in [-0.1, -0.05) is 24.3 Å². The first-order valence-electron chi connectivity index (χ1n) is 9.55. The molecule has 1 aromatic carbocycles. The predicted molar refractivity (Wildman–Crippen MR) is 96.6 cm³/mol. The van der Waals surface area contributed by atoms with Gasteiger partial charge in [0.2, 0.25) is 11.8 Å². The molecule has 140 valence electrons. The van der Waals surface area contributed by atoms with Crippen LogP contribution in [0.3, 0.4) is 0 Å². The Hall–Kier alpha value is -1.92. The monoisotopic (exact) mass is 357 g/mol. The zero-order chi connectivity index (χ0) is 18.3. The van der Waals surface area contributed by atoms with Crippen molar-refractivity contribution in [1.82, 2.24) is 15.7 Å². The maximum absolute atomic E-state index is 13.1. The summed E-state index contributed by atoms with van der Waals surface area (Å²) in [6.07, 6.45) is 3.81. The van der Waals surface area contributed by atoms with E-state index < -0.39 is 17.9 Å². The van der Waals surface area contributed by atoms with Crippen molar-refractivity contribution < 1.29 is 14.8 Å². The van der Waals surface area contributed by atoms with Gasteiger partial charge < -0.3 is 10.2 Å². The van der Waals surface area contributed by atoms with Crippen LogP contribution in [0.2, 0.25) is 0 Å². The summed E-state index contributed by atoms with van der Waals surface area (Å²) in [5, 5.41) is 12.4. The first-order valence-corrected chi connectivity index (χ1v) is 9.55. The summed E-state index contributed by atoms with van der Waals surface area (Å²) >= 11 is 0. The highest BCUT2D eigenvalue weighted by molar-refractivity contribution is 5.90. The number of carbonyl (C=O) groups excluding carboxylic acids is 2. The van der Waals surface area contributed by atoms with Crippen LogP contribution in [0.4, 0.5) is 0 Å². The average molecular weight is 357 g/mol. The molecule has 1 saturated carbocycles. The van der Waals surface area contributed by atoms with Crippen LogP contribution in [0.15, 0.2) is 24.3 Å². The average Bonchev–Trinajstić information content (AvgIpc) is 3.22. The van der Waals surface area contributed by atoms with E-state index >= 15 is 0 Å². The van der Waals surface area contributed by atoms with Crippen molar-refractivity contribution >= 4 is 11.8 Å². The topological polar surface area (TPSA) is 81.7 Å². The smallest absolute Gasteiger partial charge is 0.248 e. The Bertz CT molecular complexity index is 716. The molecule has 1 aromatic rings. The second kappa shape index (κ2) is 6.67. The van der Waals surface area contributed by atoms with Gasteiger partial charge in [0.15, 0.2) is 0 Å². The Balaban J connectivity index is 1.47. The van der Waals surface area contributed by atoms with Gasteiger partial charge in [-0.3, -0.25) is 14.8 Å². The van der Waals surface area contributed by atoms with Gasteiger partial charge in [0, 0.05) is 25.6 Å². The van der Waals surface area contributed by atoms with Crippen LogP contribution in [-0.2, 0) is 9.59 Å². The van der Waals surface area contributed by atoms with Crippen molar-refractivity contribution in [1.29, 1.82) is 0 Å². The molecule has 4 rings (SSSR count). The molecule has 3 fully saturated rings. The number of hydroxylamine groups is 1. The number of carbonyl (C=O) groups is 2. The molecule has 2 amide bonds. The van der Waals surface area contributed by atoms with Gasteiger partial charge in [-0.15, -0.1) is 0 Å². The molecule has 1 unspecified atom stereocenters. The highest BCUT2D eigenvalue weighted by Crippen LogP contribution is 2.52. The summed E-state index contributed by atoms with van der Waals surface area (Å²) in [6, 6.07) is 7.80. The number of nitrogens with one attached hydrogen (secondary N) is 2. The number of hydrogen-bond donors (Lipinski definition) is 3. The van der Waals surface area contributed by atoms with E-state index in [1.165, 1.54) is 11.1 Å². The molecule has 1 spiro atoms. The van der Waals surface area contributed by atoms with Crippen LogP contribution in [0.1, 0.15) is 42.7 Å². The Labute approximate surface area is 153 Å². The third-order valence-corrected chi connectivity index (χ3v) is 6.55. The number of likely N-dealkylation sites (tertiary alicyclic amines) is 1. The molecule has 0 aromatic heterocycles. The van der Waals surface area contributed by atoms with E-state index in [1.807, 2.05) is 17.0 Å². The molecular formula is C20H27N3O3. The third kappa shape index (κ3) is 3.12. The fourth-order valence-electron chi connectivity index (χ4n) is 4.73. The molecule has 3 atom stereocenters. The summed E-state index contributed by atoms with van der Waals surface area (Å²) in [6.45, 7) is 4.31. The lowest BCUT2D eigenvalue weighted by molar-refractivity contribution is -0.144. The van der Waals surface area contributed by atoms with E-state index in [2.05, 4.69) is 24.4 Å². The quantitative estimate of drug-likeness (QED) is 0.567. The first kappa shape index (κ1) is 17.5. The van der Waals surface area contributed by atoms with Gasteiger partial charge in [0.25, 0.3) is 0 Å². The van der Waals surface area contributed by atoms with Crippen LogP contribution >= 0.6 is 0 Å². The van der Waals surface area contributed by atoms with Gasteiger partial charge >= 0.3 is 0 Å². The van der Waals surface area contributed by atoms with Crippen molar-refractivity contribution in [2.24, 2.45) is 11.3 Å². The minimum absolute atomic E-state index is 0.00909. The standard InChI is InChI=1S/C20H27N3O3/c1-13-4-2-3-5-15(13)14-6-9-23(11-14)19(25)17-16(18(24)22-26)10-20(7-8-20)12-21-17/h2-5,14,16-17,21,26H,6-12H2,1H3,(H,22,24)/t14?,16-,17-/m0/s1. The van der Waals surface area contributed by atoms with Gasteiger partial charge in [-0.05, 0) is 49.1 Å². The van der Waals surface area contributed by atoms with E-state index in [0.717, 1.165) is 25.8 Å². The zero-order valence-electron chi connectivity index (χ0n) is 15.2. The molecule has 2 saturated heterocycles. The van der Waals surface area contributed by atoms with Gasteiger partial charge in [-0.25, -0.2) is 5.48 Å². The SMILES string of the molecule is Cc1ccccc1C1CCN(C(=O)[C@H]2NCC3(CC3)C[C@@H]2C(=O)NO)C1. The normalized spacial score (nSPS) is 29.6. The van der Waals surface area contributed by atoms with Crippen LogP contribution in [0.5, 0.6) is 0 Å². The summed E-state index contributed by atoms with van der Waals surface area (Å²) in [4.78, 5) is 27.2. The lowest BCUT2D eigenvalue weighted by atomic mass is 9.81. The highest BCUT2D eigenvalue weighted by Gasteiger charge is 2.53. The van der Waals surface area contributed by atoms with Crippen molar-refractivity contribution in [3.63, 3.8) is 0 Å². The summed E-state index contributed by atoms with van der Waals surface area (Å²) in [5.41, 5.74) is 4.49. The Morgan fingerprint density at radius 1 is 1.31 bits per heavy atom. The number of hydrogen-bond acceptors (Lipinski definition) is 4. The van der Waals surface area contributed by atoms with Crippen LogP contribution in [-0.4, -0.2) is 47.6 Å². The summed E-state index contributed by atoms with van der Waals surface area (Å²) in [7, 11) is 0. The predicted octanol–water partition coefficient (Wildman–Crippen LogP) is 1.57. The molecule has 6 heteroatoms. The molecule has 3 N–H and O–H groups in total. The first-order chi connectivity index (χ1) is 12.5. The minimum atomic E-state index is -0.538. The molecular weight excluding hydrogens is 330 g/mol. The second-order valence-electron chi connectivity index (χ2n) is 8.27. The fraction of sp³-hybridized carbons (Fsp3) is 0.600. The number of rotatable bonds is 3. The molecule has 2 aliphatic heterocycles. The van der Waals surface area contributed by atoms with Gasteiger partial charge in [-0.2, -0.15) is 0 Å². The van der Waals surface area contributed by atoms with Crippen molar-refractivity contribution in [3.8, 4) is 0 Å². The van der Waals surface area contributed by atoms with Gasteiger partial charge in [0.1, 0.15) is 0 Å². The van der Waals surface area contributed by atoms with Crippen LogP contribution < -0.4 is 10.8 Å². The number of benzene rings is 1. The lowest BCUT2D eigenvalue weighted by Gasteiger charge is -2.37. The Morgan fingerprint density at radius 2 is 2.08 bits per heavy atom. The summed E-state index contributed by atoms with van der Waals surface area (Å²) in [5.74, 6) is -0.605.